The van der Waals surface area contributed by atoms with Crippen LogP contribution in [0.15, 0.2) is 140 Å². The second kappa shape index (κ2) is 21.7. The molecule has 1 aliphatic heterocycles. The van der Waals surface area contributed by atoms with E-state index < -0.39 is 20.8 Å². The van der Waals surface area contributed by atoms with E-state index >= 15 is 0 Å². The molecule has 0 fully saturated rings. The first-order valence-electron chi connectivity index (χ1n) is 23.0. The summed E-state index contributed by atoms with van der Waals surface area (Å²) in [4.78, 5) is 0. The number of benzene rings is 6. The van der Waals surface area contributed by atoms with Gasteiger partial charge in [-0.2, -0.15) is 41.6 Å². The van der Waals surface area contributed by atoms with Crippen LogP contribution in [-0.4, -0.2) is 9.52 Å². The molecule has 0 N–H and O–H groups in total. The van der Waals surface area contributed by atoms with Crippen LogP contribution in [0, 0.1) is 6.07 Å². The summed E-state index contributed by atoms with van der Waals surface area (Å²) in [5.74, 6) is 1.12. The average molecular weight is 976 g/mol. The van der Waals surface area contributed by atoms with Gasteiger partial charge in [0.05, 0.1) is 9.52 Å². The quantitative estimate of drug-likeness (QED) is 0.115. The fourth-order valence-corrected chi connectivity index (χ4v) is 10.3. The van der Waals surface area contributed by atoms with Gasteiger partial charge < -0.3 is 0 Å². The largest absolute Gasteiger partial charge is 0.184 e. The van der Waals surface area contributed by atoms with Gasteiger partial charge in [-0.25, -0.2) is 0 Å². The van der Waals surface area contributed by atoms with Gasteiger partial charge in [-0.1, -0.05) is 189 Å². The molecule has 0 saturated carbocycles. The molecule has 9 rings (SSSR count). The van der Waals surface area contributed by atoms with Crippen LogP contribution >= 0.6 is 17.0 Å². The minimum Gasteiger partial charge on any atom is -0.184 e. The van der Waals surface area contributed by atoms with Gasteiger partial charge in [0.2, 0.25) is 0 Å². The number of aryl methyl sites for hydroxylation is 2. The Hall–Kier alpha value is -3.78. The van der Waals surface area contributed by atoms with Gasteiger partial charge in [0.15, 0.2) is 0 Å². The van der Waals surface area contributed by atoms with E-state index in [4.69, 9.17) is 17.0 Å². The van der Waals surface area contributed by atoms with Crippen molar-refractivity contribution < 1.29 is 20.8 Å². The Labute approximate surface area is 407 Å². The average Bonchev–Trinajstić information content (AvgIpc) is 4.02. The van der Waals surface area contributed by atoms with E-state index in [1.807, 2.05) is 6.07 Å². The van der Waals surface area contributed by atoms with Gasteiger partial charge in [-0.05, 0) is 57.8 Å². The Morgan fingerprint density at radius 2 is 0.953 bits per heavy atom. The molecule has 0 bridgehead atoms. The van der Waals surface area contributed by atoms with Crippen LogP contribution in [0.3, 0.4) is 0 Å². The molecule has 1 aliphatic rings. The molecule has 0 nitrogen and oxygen atoms in total. The first-order valence-corrected chi connectivity index (χ1v) is 30.3. The normalized spacial score (nSPS) is 11.9. The molecule has 0 amide bonds. The van der Waals surface area contributed by atoms with Crippen LogP contribution in [0.25, 0.3) is 54.9 Å². The molecule has 0 unspecified atom stereocenters. The van der Waals surface area contributed by atoms with Gasteiger partial charge in [0.1, 0.15) is 0 Å². The second-order valence-electron chi connectivity index (χ2n) is 19.6. The summed E-state index contributed by atoms with van der Waals surface area (Å²) >= 11 is -0.826. The third-order valence-corrected chi connectivity index (χ3v) is 13.8. The van der Waals surface area contributed by atoms with Crippen molar-refractivity contribution in [3.8, 4) is 33.4 Å². The summed E-state index contributed by atoms with van der Waals surface area (Å²) < 4.78 is 0. The van der Waals surface area contributed by atoms with Crippen LogP contribution in [0.4, 0.5) is 0 Å². The summed E-state index contributed by atoms with van der Waals surface area (Å²) in [7, 11) is 10.7. The predicted molar refractivity (Wildman–Crippen MR) is 282 cm³/mol. The van der Waals surface area contributed by atoms with Crippen molar-refractivity contribution in [1.29, 1.82) is 0 Å². The smallest absolute Gasteiger partial charge is 0.0920 e. The Morgan fingerprint density at radius 3 is 1.38 bits per heavy atom. The van der Waals surface area contributed by atoms with Crippen LogP contribution < -0.4 is 10.4 Å². The Morgan fingerprint density at radius 1 is 0.547 bits per heavy atom. The molecule has 4 heteroatoms. The van der Waals surface area contributed by atoms with E-state index in [1.54, 1.807) is 0 Å². The molecule has 1 heterocycles. The fraction of sp³-hybridized carbons (Fsp3) is 0.300. The van der Waals surface area contributed by atoms with Crippen molar-refractivity contribution in [2.45, 2.75) is 119 Å². The minimum atomic E-state index is -0.826. The predicted octanol–water partition coefficient (Wildman–Crippen LogP) is 16.9. The minimum absolute atomic E-state index is 0.125. The zero-order chi connectivity index (χ0) is 46.3. The molecule has 0 aliphatic carbocycles. The van der Waals surface area contributed by atoms with Crippen molar-refractivity contribution >= 4 is 58.5 Å². The van der Waals surface area contributed by atoms with Crippen molar-refractivity contribution in [3.63, 3.8) is 0 Å². The number of halogens is 2. The van der Waals surface area contributed by atoms with Gasteiger partial charge in [0.25, 0.3) is 0 Å². The summed E-state index contributed by atoms with van der Waals surface area (Å²) in [5.41, 5.74) is 17.3. The Balaban J connectivity index is 0.000000160. The Kier molecular flexibility index (Phi) is 16.8. The summed E-state index contributed by atoms with van der Waals surface area (Å²) in [6.45, 7) is 27.5. The second-order valence-corrected chi connectivity index (χ2v) is 24.6. The Bertz CT molecular complexity index is 2610. The number of hydrogen-bond donors (Lipinski definition) is 0. The molecule has 0 aromatic heterocycles. The standard InChI is InChI=1S/2C24H29.C12H7Si.2ClH.Zr/c2*1-7-17-10-8-9-11-20(17)23-21-15-19(16(2)3)14-18(21)12-13-22(23)24(4,5)6;1-3-7-11-9(5-1)10-6-2-4-8-12(10)13-11;;;/h2*8-16H,7H2,1-6H3;1-7H;2*1H;/q3*-1;;;+2/p-2. The number of hydrogen-bond acceptors (Lipinski definition) is 0. The molecule has 0 saturated heterocycles. The van der Waals surface area contributed by atoms with E-state index in [-0.39, 0.29) is 10.8 Å². The molecular formula is C60H65Cl2SiZr-3. The number of rotatable bonds is 6. The van der Waals surface area contributed by atoms with Crippen LogP contribution in [0.1, 0.15) is 128 Å². The van der Waals surface area contributed by atoms with Gasteiger partial charge in [-0.15, -0.1) is 74.6 Å². The van der Waals surface area contributed by atoms with Gasteiger partial charge in [-0.3, -0.25) is 0 Å². The van der Waals surface area contributed by atoms with E-state index in [9.17, 15) is 0 Å². The topological polar surface area (TPSA) is 0 Å². The summed E-state index contributed by atoms with van der Waals surface area (Å²) in [6, 6.07) is 54.8. The monoisotopic (exact) mass is 973 g/mol. The van der Waals surface area contributed by atoms with Crippen molar-refractivity contribution in [3.05, 3.63) is 179 Å². The molecule has 8 aromatic carbocycles. The van der Waals surface area contributed by atoms with E-state index in [0.29, 0.717) is 11.8 Å². The first-order chi connectivity index (χ1) is 30.5. The molecule has 2 radical (unpaired) electrons. The fourth-order valence-electron chi connectivity index (χ4n) is 8.98. The van der Waals surface area contributed by atoms with E-state index in [0.717, 1.165) is 22.4 Å². The van der Waals surface area contributed by atoms with E-state index in [1.165, 1.54) is 98.7 Å². The molecule has 0 spiro atoms. The number of fused-ring (bicyclic) bond motifs is 5. The zero-order valence-corrected chi connectivity index (χ0v) is 45.1. The van der Waals surface area contributed by atoms with Crippen LogP contribution in [0.2, 0.25) is 0 Å². The molecule has 330 valence electrons. The summed E-state index contributed by atoms with van der Waals surface area (Å²) in [6.07, 6.45) is 2.13. The molecule has 8 aromatic rings. The third kappa shape index (κ3) is 11.2. The summed E-state index contributed by atoms with van der Waals surface area (Å²) in [5, 5.41) is 8.38. The third-order valence-electron chi connectivity index (χ3n) is 12.4. The SMILES string of the molecule is CCc1ccccc1-c1c(C(C)(C)C)ccc2[cH-]c(C(C)C)cc12.CCc1ccccc1-c1c(C(C)(C)C)ccc2[cH-]c(C(C)C)cc12.[Cl][Zr][Cl].[c-]1cccc2c1[Si]c1ccccc1-2. The van der Waals surface area contributed by atoms with Crippen molar-refractivity contribution in [1.82, 2.24) is 0 Å². The maximum absolute atomic E-state index is 4.93. The van der Waals surface area contributed by atoms with Crippen LogP contribution in [0.5, 0.6) is 0 Å². The maximum atomic E-state index is 4.93. The van der Waals surface area contributed by atoms with Crippen molar-refractivity contribution in [2.75, 3.05) is 0 Å². The van der Waals surface area contributed by atoms with Crippen LogP contribution in [-0.2, 0) is 44.5 Å². The zero-order valence-electron chi connectivity index (χ0n) is 40.1. The van der Waals surface area contributed by atoms with Gasteiger partial charge >= 0.3 is 37.9 Å². The maximum Gasteiger partial charge on any atom is 0.0920 e. The van der Waals surface area contributed by atoms with Crippen molar-refractivity contribution in [2.24, 2.45) is 0 Å². The first kappa shape index (κ1) is 49.6. The molecule has 0 atom stereocenters. The van der Waals surface area contributed by atoms with Gasteiger partial charge in [0, 0.05) is 0 Å². The molecular weight excluding hydrogens is 911 g/mol. The van der Waals surface area contributed by atoms with E-state index in [2.05, 4.69) is 223 Å². The molecule has 64 heavy (non-hydrogen) atoms.